The van der Waals surface area contributed by atoms with Crippen molar-refractivity contribution in [2.45, 2.75) is 6.92 Å². The van der Waals surface area contributed by atoms with Crippen LogP contribution in [0.5, 0.6) is 0 Å². The van der Waals surface area contributed by atoms with Gasteiger partial charge in [0.15, 0.2) is 11.6 Å². The Kier molecular flexibility index (Phi) is 3.95. The second kappa shape index (κ2) is 5.66. The summed E-state index contributed by atoms with van der Waals surface area (Å²) in [6, 6.07) is 6.30. The SMILES string of the molecule is Cc1ccoc1C(=O)Nc1cc(Cl)ccc1C(N)=NO. The van der Waals surface area contributed by atoms with Crippen LogP contribution in [0, 0.1) is 6.92 Å². The number of benzene rings is 1. The maximum atomic E-state index is 12.1. The quantitative estimate of drug-likeness (QED) is 0.350. The van der Waals surface area contributed by atoms with E-state index in [2.05, 4.69) is 10.5 Å². The highest BCUT2D eigenvalue weighted by atomic mass is 35.5. The number of anilines is 1. The number of halogens is 1. The standard InChI is InChI=1S/C13H12ClN3O3/c1-7-4-5-20-11(7)13(18)16-10-6-8(14)2-3-9(10)12(15)17-19/h2-6,19H,1H3,(H2,15,17)(H,16,18). The van der Waals surface area contributed by atoms with Gasteiger partial charge in [-0.2, -0.15) is 0 Å². The largest absolute Gasteiger partial charge is 0.459 e. The van der Waals surface area contributed by atoms with E-state index in [4.69, 9.17) is 27.0 Å². The van der Waals surface area contributed by atoms with Crippen molar-refractivity contribution in [1.82, 2.24) is 0 Å². The van der Waals surface area contributed by atoms with Crippen LogP contribution in [0.3, 0.4) is 0 Å². The van der Waals surface area contributed by atoms with E-state index < -0.39 is 5.91 Å². The molecule has 4 N–H and O–H groups in total. The molecule has 2 aromatic rings. The fourth-order valence-corrected chi connectivity index (χ4v) is 1.85. The number of hydrogen-bond acceptors (Lipinski definition) is 4. The molecule has 104 valence electrons. The summed E-state index contributed by atoms with van der Waals surface area (Å²) in [5, 5.41) is 14.7. The lowest BCUT2D eigenvalue weighted by Crippen LogP contribution is -2.19. The molecule has 1 amide bonds. The average molecular weight is 294 g/mol. The number of nitrogens with zero attached hydrogens (tertiary/aromatic N) is 1. The smallest absolute Gasteiger partial charge is 0.291 e. The van der Waals surface area contributed by atoms with Crippen LogP contribution in [0.1, 0.15) is 21.7 Å². The molecule has 0 atom stereocenters. The zero-order chi connectivity index (χ0) is 14.7. The third-order valence-corrected chi connectivity index (χ3v) is 2.92. The summed E-state index contributed by atoms with van der Waals surface area (Å²) >= 11 is 5.89. The van der Waals surface area contributed by atoms with Gasteiger partial charge in [-0.1, -0.05) is 16.8 Å². The average Bonchev–Trinajstić information content (AvgIpc) is 2.84. The van der Waals surface area contributed by atoms with Crippen LogP contribution >= 0.6 is 11.6 Å². The van der Waals surface area contributed by atoms with E-state index in [0.717, 1.165) is 0 Å². The number of nitrogens with two attached hydrogens (primary N) is 1. The number of furan rings is 1. The topological polar surface area (TPSA) is 101 Å². The molecule has 0 aliphatic rings. The van der Waals surface area contributed by atoms with Crippen LogP contribution in [-0.4, -0.2) is 17.0 Å². The van der Waals surface area contributed by atoms with Crippen molar-refractivity contribution in [3.05, 3.63) is 52.4 Å². The van der Waals surface area contributed by atoms with Crippen LogP contribution in [0.4, 0.5) is 5.69 Å². The Hall–Kier alpha value is -2.47. The summed E-state index contributed by atoms with van der Waals surface area (Å²) in [6.45, 7) is 1.75. The van der Waals surface area contributed by atoms with Gasteiger partial charge < -0.3 is 20.7 Å². The maximum absolute atomic E-state index is 12.1. The first-order valence-corrected chi connectivity index (χ1v) is 6.03. The van der Waals surface area contributed by atoms with Crippen LogP contribution < -0.4 is 11.1 Å². The molecule has 7 heteroatoms. The molecule has 0 aliphatic heterocycles. The molecule has 0 radical (unpaired) electrons. The third kappa shape index (κ3) is 2.75. The predicted octanol–water partition coefficient (Wildman–Crippen LogP) is 2.59. The van der Waals surface area contributed by atoms with Crippen molar-refractivity contribution >= 4 is 29.0 Å². The molecule has 0 spiro atoms. The third-order valence-electron chi connectivity index (χ3n) is 2.68. The minimum atomic E-state index is -0.443. The van der Waals surface area contributed by atoms with E-state index in [1.54, 1.807) is 25.1 Å². The predicted molar refractivity (Wildman–Crippen MR) is 75.4 cm³/mol. The number of oxime groups is 1. The van der Waals surface area contributed by atoms with E-state index in [-0.39, 0.29) is 11.6 Å². The van der Waals surface area contributed by atoms with Gasteiger partial charge in [-0.3, -0.25) is 4.79 Å². The zero-order valence-corrected chi connectivity index (χ0v) is 11.3. The Morgan fingerprint density at radius 3 is 2.80 bits per heavy atom. The lowest BCUT2D eigenvalue weighted by molar-refractivity contribution is 0.0996. The van der Waals surface area contributed by atoms with Gasteiger partial charge in [-0.15, -0.1) is 0 Å². The molecule has 0 saturated heterocycles. The molecule has 0 fully saturated rings. The van der Waals surface area contributed by atoms with Crippen molar-refractivity contribution in [2.24, 2.45) is 10.9 Å². The van der Waals surface area contributed by atoms with Crippen LogP contribution in [0.25, 0.3) is 0 Å². The van der Waals surface area contributed by atoms with Gasteiger partial charge in [0.25, 0.3) is 5.91 Å². The summed E-state index contributed by atoms with van der Waals surface area (Å²) < 4.78 is 5.10. The van der Waals surface area contributed by atoms with Crippen LogP contribution in [0.2, 0.25) is 5.02 Å². The number of hydrogen-bond donors (Lipinski definition) is 3. The van der Waals surface area contributed by atoms with Crippen LogP contribution in [-0.2, 0) is 0 Å². The van der Waals surface area contributed by atoms with Crippen molar-refractivity contribution in [3.8, 4) is 0 Å². The first-order valence-electron chi connectivity index (χ1n) is 5.66. The molecule has 6 nitrogen and oxygen atoms in total. The molecular formula is C13H12ClN3O3. The summed E-state index contributed by atoms with van der Waals surface area (Å²) in [6.07, 6.45) is 1.42. The van der Waals surface area contributed by atoms with Crippen molar-refractivity contribution in [3.63, 3.8) is 0 Å². The van der Waals surface area contributed by atoms with Crippen molar-refractivity contribution in [1.29, 1.82) is 0 Å². The fraction of sp³-hybridized carbons (Fsp3) is 0.0769. The second-order valence-electron chi connectivity index (χ2n) is 4.06. The number of amidine groups is 1. The number of amides is 1. The first kappa shape index (κ1) is 14.0. The number of nitrogens with one attached hydrogen (secondary N) is 1. The Balaban J connectivity index is 2.36. The van der Waals surface area contributed by atoms with Gasteiger partial charge in [-0.25, -0.2) is 0 Å². The van der Waals surface area contributed by atoms with E-state index >= 15 is 0 Å². The van der Waals surface area contributed by atoms with E-state index in [0.29, 0.717) is 21.8 Å². The molecule has 20 heavy (non-hydrogen) atoms. The summed E-state index contributed by atoms with van der Waals surface area (Å²) in [4.78, 5) is 12.1. The molecule has 0 bridgehead atoms. The molecule has 0 aliphatic carbocycles. The lowest BCUT2D eigenvalue weighted by Gasteiger charge is -2.10. The van der Waals surface area contributed by atoms with E-state index in [1.165, 1.54) is 12.3 Å². The highest BCUT2D eigenvalue weighted by Crippen LogP contribution is 2.22. The molecule has 1 aromatic heterocycles. The van der Waals surface area contributed by atoms with Crippen LogP contribution in [0.15, 0.2) is 40.1 Å². The molecule has 1 aromatic carbocycles. The monoisotopic (exact) mass is 293 g/mol. The lowest BCUT2D eigenvalue weighted by atomic mass is 10.1. The summed E-state index contributed by atoms with van der Waals surface area (Å²) in [7, 11) is 0. The van der Waals surface area contributed by atoms with E-state index in [9.17, 15) is 4.79 Å². The number of aryl methyl sites for hydroxylation is 1. The van der Waals surface area contributed by atoms with Gasteiger partial charge in [0.2, 0.25) is 0 Å². The molecule has 0 saturated carbocycles. The Labute approximate surface area is 119 Å². The minimum absolute atomic E-state index is 0.131. The van der Waals surface area contributed by atoms with Gasteiger partial charge in [-0.05, 0) is 31.2 Å². The minimum Gasteiger partial charge on any atom is -0.459 e. The highest BCUT2D eigenvalue weighted by Gasteiger charge is 2.16. The molecule has 0 unspecified atom stereocenters. The fourth-order valence-electron chi connectivity index (χ4n) is 1.68. The number of carbonyl (C=O) groups is 1. The first-order chi connectivity index (χ1) is 9.52. The number of carbonyl (C=O) groups excluding carboxylic acids is 1. The van der Waals surface area contributed by atoms with Crippen molar-refractivity contribution in [2.75, 3.05) is 5.32 Å². The van der Waals surface area contributed by atoms with E-state index in [1.807, 2.05) is 0 Å². The Bertz CT molecular complexity index is 679. The zero-order valence-electron chi connectivity index (χ0n) is 10.6. The van der Waals surface area contributed by atoms with Gasteiger partial charge in [0.1, 0.15) is 0 Å². The van der Waals surface area contributed by atoms with Gasteiger partial charge >= 0.3 is 0 Å². The molecule has 2 rings (SSSR count). The summed E-state index contributed by atoms with van der Waals surface area (Å²) in [5.74, 6) is -0.384. The van der Waals surface area contributed by atoms with Gasteiger partial charge in [0.05, 0.1) is 12.0 Å². The molecular weight excluding hydrogens is 282 g/mol. The number of rotatable bonds is 3. The maximum Gasteiger partial charge on any atom is 0.291 e. The van der Waals surface area contributed by atoms with Crippen molar-refractivity contribution < 1.29 is 14.4 Å². The summed E-state index contributed by atoms with van der Waals surface area (Å²) in [5.41, 5.74) is 6.94. The Morgan fingerprint density at radius 1 is 1.45 bits per heavy atom. The molecule has 1 heterocycles. The Morgan fingerprint density at radius 2 is 2.20 bits per heavy atom. The highest BCUT2D eigenvalue weighted by molar-refractivity contribution is 6.31. The normalized spacial score (nSPS) is 11.4. The van der Waals surface area contributed by atoms with Gasteiger partial charge in [0, 0.05) is 16.1 Å². The second-order valence-corrected chi connectivity index (χ2v) is 4.50.